The third-order valence-electron chi connectivity index (χ3n) is 8.06. The number of nitrogens with one attached hydrogen (secondary N) is 4. The van der Waals surface area contributed by atoms with Gasteiger partial charge in [0.2, 0.25) is 0 Å². The van der Waals surface area contributed by atoms with Crippen molar-refractivity contribution in [2.75, 3.05) is 18.9 Å². The minimum absolute atomic E-state index is 0.0203. The van der Waals surface area contributed by atoms with Crippen LogP contribution in [0, 0.1) is 5.41 Å². The molecule has 7 nitrogen and oxygen atoms in total. The van der Waals surface area contributed by atoms with Crippen molar-refractivity contribution in [1.29, 1.82) is 0 Å². The number of nitrogens with zero attached hydrogens (tertiary/aromatic N) is 3. The van der Waals surface area contributed by atoms with Crippen LogP contribution in [0.2, 0.25) is 0 Å². The summed E-state index contributed by atoms with van der Waals surface area (Å²) in [6.45, 7) is 1.15. The summed E-state index contributed by atoms with van der Waals surface area (Å²) in [6, 6.07) is 2.79. The summed E-state index contributed by atoms with van der Waals surface area (Å²) in [5.74, 6) is 2.56. The Labute approximate surface area is 166 Å². The Morgan fingerprint density at radius 3 is 2.68 bits per heavy atom. The van der Waals surface area contributed by atoms with Gasteiger partial charge in [0.25, 0.3) is 0 Å². The van der Waals surface area contributed by atoms with E-state index in [0.717, 1.165) is 18.2 Å². The maximum Gasteiger partial charge on any atom is 0.177 e. The van der Waals surface area contributed by atoms with Gasteiger partial charge in [0, 0.05) is 47.4 Å². The summed E-state index contributed by atoms with van der Waals surface area (Å²) < 4.78 is 0. The molecule has 0 radical (unpaired) electrons. The van der Waals surface area contributed by atoms with E-state index in [1.54, 1.807) is 0 Å². The number of allylic oxidation sites excluding steroid dienone is 1. The number of aromatic amines is 1. The Morgan fingerprint density at radius 1 is 1.14 bits per heavy atom. The van der Waals surface area contributed by atoms with Crippen molar-refractivity contribution >= 4 is 12.0 Å². The van der Waals surface area contributed by atoms with Crippen molar-refractivity contribution < 1.29 is 0 Å². The van der Waals surface area contributed by atoms with E-state index < -0.39 is 0 Å². The Morgan fingerprint density at radius 2 is 1.96 bits per heavy atom. The van der Waals surface area contributed by atoms with E-state index >= 15 is 0 Å². The minimum Gasteiger partial charge on any atom is -0.338 e. The number of piperidine rings is 2. The van der Waals surface area contributed by atoms with Crippen molar-refractivity contribution in [2.24, 2.45) is 10.4 Å². The quantitative estimate of drug-likeness (QED) is 0.609. The number of hydrogen-bond acceptors (Lipinski definition) is 6. The van der Waals surface area contributed by atoms with Gasteiger partial charge in [-0.2, -0.15) is 5.10 Å². The van der Waals surface area contributed by atoms with Crippen LogP contribution in [0.3, 0.4) is 0 Å². The molecule has 4 N–H and O–H groups in total. The van der Waals surface area contributed by atoms with Crippen molar-refractivity contribution in [3.05, 3.63) is 23.7 Å². The van der Waals surface area contributed by atoms with E-state index in [-0.39, 0.29) is 6.29 Å². The second-order valence-electron chi connectivity index (χ2n) is 9.52. The number of anilines is 1. The van der Waals surface area contributed by atoms with Crippen LogP contribution in [0.1, 0.15) is 63.0 Å². The molecule has 4 heterocycles. The zero-order chi connectivity index (χ0) is 18.8. The Bertz CT molecular complexity index is 808. The van der Waals surface area contributed by atoms with Gasteiger partial charge < -0.3 is 16.0 Å². The second kappa shape index (κ2) is 6.07. The van der Waals surface area contributed by atoms with E-state index in [4.69, 9.17) is 4.99 Å². The monoisotopic (exact) mass is 381 g/mol. The summed E-state index contributed by atoms with van der Waals surface area (Å²) in [5, 5.41) is 18.4. The molecular weight excluding hydrogens is 350 g/mol. The van der Waals surface area contributed by atoms with E-state index in [1.165, 1.54) is 57.1 Å². The van der Waals surface area contributed by atoms with Gasteiger partial charge in [-0.05, 0) is 64.5 Å². The lowest BCUT2D eigenvalue weighted by atomic mass is 9.62. The summed E-state index contributed by atoms with van der Waals surface area (Å²) in [4.78, 5) is 7.41. The van der Waals surface area contributed by atoms with Crippen LogP contribution < -0.4 is 16.0 Å². The fourth-order valence-electron chi connectivity index (χ4n) is 6.02. The molecule has 1 unspecified atom stereocenters. The maximum absolute atomic E-state index is 4.79. The SMILES string of the molecule is CNC1(C23CCC(CC2)N(C2N=CC=C(Nc4cc(C5CC5)[nH]n4)N2)C3)CC1. The predicted molar refractivity (Wildman–Crippen MR) is 110 cm³/mol. The maximum atomic E-state index is 4.79. The lowest BCUT2D eigenvalue weighted by molar-refractivity contribution is -0.0729. The van der Waals surface area contributed by atoms with Crippen molar-refractivity contribution in [3.63, 3.8) is 0 Å². The predicted octanol–water partition coefficient (Wildman–Crippen LogP) is 2.49. The van der Waals surface area contributed by atoms with E-state index in [1.807, 2.05) is 12.3 Å². The lowest BCUT2D eigenvalue weighted by Crippen LogP contribution is -2.66. The molecule has 3 aliphatic carbocycles. The number of rotatable bonds is 6. The van der Waals surface area contributed by atoms with Gasteiger partial charge in [0.15, 0.2) is 12.1 Å². The minimum atomic E-state index is 0.0203. The molecule has 2 bridgehead atoms. The van der Waals surface area contributed by atoms with Crippen LogP contribution in [-0.2, 0) is 0 Å². The second-order valence-corrected chi connectivity index (χ2v) is 9.52. The highest BCUT2D eigenvalue weighted by Gasteiger charge is 2.62. The number of fused-ring (bicyclic) bond motifs is 3. The zero-order valence-corrected chi connectivity index (χ0v) is 16.7. The zero-order valence-electron chi connectivity index (χ0n) is 16.7. The van der Waals surface area contributed by atoms with Crippen LogP contribution in [0.25, 0.3) is 0 Å². The van der Waals surface area contributed by atoms with Gasteiger partial charge in [0.1, 0.15) is 5.82 Å². The van der Waals surface area contributed by atoms with Gasteiger partial charge in [-0.15, -0.1) is 0 Å². The molecule has 3 aliphatic heterocycles. The fraction of sp³-hybridized carbons (Fsp3) is 0.714. The van der Waals surface area contributed by atoms with Gasteiger partial charge >= 0.3 is 0 Å². The van der Waals surface area contributed by atoms with Gasteiger partial charge in [-0.1, -0.05) is 0 Å². The van der Waals surface area contributed by atoms with Gasteiger partial charge in [-0.25, -0.2) is 0 Å². The average Bonchev–Trinajstić information content (AvgIpc) is 3.68. The molecule has 150 valence electrons. The molecule has 0 amide bonds. The molecule has 2 saturated heterocycles. The van der Waals surface area contributed by atoms with Crippen molar-refractivity contribution in [2.45, 2.75) is 75.2 Å². The van der Waals surface area contributed by atoms with Crippen molar-refractivity contribution in [1.82, 2.24) is 25.7 Å². The highest BCUT2D eigenvalue weighted by Crippen LogP contribution is 2.60. The molecule has 0 aromatic carbocycles. The number of aromatic nitrogens is 2. The first-order chi connectivity index (χ1) is 13.7. The first-order valence-corrected chi connectivity index (χ1v) is 11.0. The summed E-state index contributed by atoms with van der Waals surface area (Å²) in [7, 11) is 2.16. The first kappa shape index (κ1) is 17.0. The molecule has 7 rings (SSSR count). The highest BCUT2D eigenvalue weighted by molar-refractivity contribution is 5.74. The van der Waals surface area contributed by atoms with E-state index in [2.05, 4.69) is 44.2 Å². The Kier molecular flexibility index (Phi) is 3.69. The standard InChI is InChI=1S/C21H31N7/c1-22-21(9-10-21)20-7-4-15(5-8-20)28(13-20)19-23-11-6-17(25-19)24-18-12-16(26-27-18)14-2-3-14/h6,11-12,14-15,19,22,25H,2-5,7-10,13H2,1H3,(H2,24,26,27). The van der Waals surface area contributed by atoms with Gasteiger partial charge in [0.05, 0.1) is 0 Å². The summed E-state index contributed by atoms with van der Waals surface area (Å²) in [5.41, 5.74) is 2.05. The molecule has 28 heavy (non-hydrogen) atoms. The molecule has 1 aromatic rings. The average molecular weight is 382 g/mol. The third-order valence-corrected chi connectivity index (χ3v) is 8.06. The Hall–Kier alpha value is -1.86. The highest BCUT2D eigenvalue weighted by atomic mass is 15.4. The molecule has 7 heteroatoms. The molecule has 1 atom stereocenters. The van der Waals surface area contributed by atoms with Crippen LogP contribution in [0.5, 0.6) is 0 Å². The lowest BCUT2D eigenvalue weighted by Gasteiger charge is -2.58. The number of H-pyrrole nitrogens is 1. The molecule has 1 aromatic heterocycles. The van der Waals surface area contributed by atoms with E-state index in [9.17, 15) is 0 Å². The van der Waals surface area contributed by atoms with Gasteiger partial charge in [-0.3, -0.25) is 15.0 Å². The molecule has 5 fully saturated rings. The molecular formula is C21H31N7. The van der Waals surface area contributed by atoms with Crippen LogP contribution in [0.4, 0.5) is 5.82 Å². The first-order valence-electron chi connectivity index (χ1n) is 11.0. The van der Waals surface area contributed by atoms with Crippen LogP contribution in [-0.4, -0.2) is 52.8 Å². The topological polar surface area (TPSA) is 80.4 Å². The summed E-state index contributed by atoms with van der Waals surface area (Å²) >= 11 is 0. The van der Waals surface area contributed by atoms with Crippen LogP contribution >= 0.6 is 0 Å². The largest absolute Gasteiger partial charge is 0.338 e. The van der Waals surface area contributed by atoms with Crippen molar-refractivity contribution in [3.8, 4) is 0 Å². The summed E-state index contributed by atoms with van der Waals surface area (Å²) in [6.07, 6.45) is 14.5. The smallest absolute Gasteiger partial charge is 0.177 e. The fourth-order valence-corrected chi connectivity index (χ4v) is 6.02. The van der Waals surface area contributed by atoms with Crippen LogP contribution in [0.15, 0.2) is 23.0 Å². The number of hydrogen-bond donors (Lipinski definition) is 4. The molecule has 6 aliphatic rings. The third kappa shape index (κ3) is 2.63. The molecule has 0 spiro atoms. The number of aliphatic imine (C=N–C) groups is 1. The van der Waals surface area contributed by atoms with E-state index in [0.29, 0.717) is 22.9 Å². The Balaban J connectivity index is 1.16. The normalized spacial score (nSPS) is 36.1. The molecule has 3 saturated carbocycles.